The number of rotatable bonds is 3. The van der Waals surface area contributed by atoms with Crippen molar-refractivity contribution >= 4 is 11.8 Å². The Morgan fingerprint density at radius 3 is 2.89 bits per heavy atom. The minimum Gasteiger partial charge on any atom is -0.367 e. The Balaban J connectivity index is 2.02. The van der Waals surface area contributed by atoms with Crippen LogP contribution in [0.5, 0.6) is 0 Å². The van der Waals surface area contributed by atoms with Crippen molar-refractivity contribution in [3.05, 3.63) is 12.3 Å². The van der Waals surface area contributed by atoms with Gasteiger partial charge in [-0.15, -0.1) is 0 Å². The Kier molecular flexibility index (Phi) is 4.01. The van der Waals surface area contributed by atoms with E-state index in [1.807, 2.05) is 31.3 Å². The molecule has 0 amide bonds. The summed E-state index contributed by atoms with van der Waals surface area (Å²) in [5, 5.41) is 3.54. The molecule has 5 heteroatoms. The lowest BCUT2D eigenvalue weighted by molar-refractivity contribution is 0.206. The first-order chi connectivity index (χ1) is 8.56. The lowest BCUT2D eigenvalue weighted by atomic mass is 9.94. The summed E-state index contributed by atoms with van der Waals surface area (Å²) in [7, 11) is 6.09. The third kappa shape index (κ3) is 3.10. The second-order valence-corrected chi connectivity index (χ2v) is 5.42. The van der Waals surface area contributed by atoms with Crippen molar-refractivity contribution in [2.45, 2.75) is 19.4 Å². The highest BCUT2D eigenvalue weighted by molar-refractivity contribution is 5.41. The zero-order valence-corrected chi connectivity index (χ0v) is 11.7. The van der Waals surface area contributed by atoms with Crippen LogP contribution in [0.3, 0.4) is 0 Å². The molecule has 1 fully saturated rings. The van der Waals surface area contributed by atoms with Crippen LogP contribution in [0.2, 0.25) is 0 Å². The molecular weight excluding hydrogens is 226 g/mol. The number of aromatic nitrogens is 2. The SMILES string of the molecule is CC1CN(C)CCC1Nc1ccnc(N(C)C)n1. The summed E-state index contributed by atoms with van der Waals surface area (Å²) in [6.45, 7) is 4.58. The van der Waals surface area contributed by atoms with Crippen molar-refractivity contribution in [3.8, 4) is 0 Å². The van der Waals surface area contributed by atoms with Gasteiger partial charge in [0.25, 0.3) is 0 Å². The van der Waals surface area contributed by atoms with Gasteiger partial charge in [0.2, 0.25) is 5.95 Å². The zero-order chi connectivity index (χ0) is 13.1. The third-order valence-corrected chi connectivity index (χ3v) is 3.48. The summed E-state index contributed by atoms with van der Waals surface area (Å²) < 4.78 is 0. The van der Waals surface area contributed by atoms with Gasteiger partial charge in [0.1, 0.15) is 5.82 Å². The normalized spacial score (nSPS) is 24.9. The smallest absolute Gasteiger partial charge is 0.226 e. The molecular formula is C13H23N5. The summed E-state index contributed by atoms with van der Waals surface area (Å²) in [5.74, 6) is 2.32. The first-order valence-electron chi connectivity index (χ1n) is 6.51. The Morgan fingerprint density at radius 1 is 1.44 bits per heavy atom. The fourth-order valence-electron chi connectivity index (χ4n) is 2.40. The van der Waals surface area contributed by atoms with Gasteiger partial charge < -0.3 is 15.1 Å². The van der Waals surface area contributed by atoms with Crippen LogP contribution in [0.4, 0.5) is 11.8 Å². The molecule has 1 N–H and O–H groups in total. The van der Waals surface area contributed by atoms with E-state index in [0.29, 0.717) is 12.0 Å². The van der Waals surface area contributed by atoms with Gasteiger partial charge in [-0.25, -0.2) is 4.98 Å². The van der Waals surface area contributed by atoms with Crippen LogP contribution in [0, 0.1) is 5.92 Å². The number of hydrogen-bond acceptors (Lipinski definition) is 5. The summed E-state index contributed by atoms with van der Waals surface area (Å²) >= 11 is 0. The van der Waals surface area contributed by atoms with Crippen LogP contribution >= 0.6 is 0 Å². The first-order valence-corrected chi connectivity index (χ1v) is 6.51. The summed E-state index contributed by atoms with van der Waals surface area (Å²) in [4.78, 5) is 13.0. The van der Waals surface area contributed by atoms with E-state index in [0.717, 1.165) is 24.9 Å². The van der Waals surface area contributed by atoms with Crippen molar-refractivity contribution in [2.24, 2.45) is 5.92 Å². The minimum atomic E-state index is 0.506. The molecule has 100 valence electrons. The molecule has 0 aliphatic carbocycles. The monoisotopic (exact) mass is 249 g/mol. The molecule has 2 unspecified atom stereocenters. The average molecular weight is 249 g/mol. The molecule has 2 heterocycles. The quantitative estimate of drug-likeness (QED) is 0.874. The highest BCUT2D eigenvalue weighted by Gasteiger charge is 2.24. The summed E-state index contributed by atoms with van der Waals surface area (Å²) in [6.07, 6.45) is 2.98. The van der Waals surface area contributed by atoms with E-state index >= 15 is 0 Å². The number of piperidine rings is 1. The van der Waals surface area contributed by atoms with E-state index in [4.69, 9.17) is 0 Å². The van der Waals surface area contributed by atoms with Crippen LogP contribution in [0.1, 0.15) is 13.3 Å². The Bertz CT molecular complexity index is 393. The zero-order valence-electron chi connectivity index (χ0n) is 11.7. The molecule has 0 spiro atoms. The maximum absolute atomic E-state index is 4.51. The van der Waals surface area contributed by atoms with E-state index in [1.54, 1.807) is 0 Å². The highest BCUT2D eigenvalue weighted by Crippen LogP contribution is 2.19. The minimum absolute atomic E-state index is 0.506. The van der Waals surface area contributed by atoms with E-state index in [1.165, 1.54) is 6.42 Å². The lowest BCUT2D eigenvalue weighted by Crippen LogP contribution is -2.43. The van der Waals surface area contributed by atoms with Crippen molar-refractivity contribution in [1.29, 1.82) is 0 Å². The fraction of sp³-hybridized carbons (Fsp3) is 0.692. The summed E-state index contributed by atoms with van der Waals surface area (Å²) in [6, 6.07) is 2.45. The predicted molar refractivity (Wildman–Crippen MR) is 75.0 cm³/mol. The molecule has 0 aromatic carbocycles. The van der Waals surface area contributed by atoms with E-state index in [-0.39, 0.29) is 0 Å². The molecule has 1 aliphatic heterocycles. The van der Waals surface area contributed by atoms with Gasteiger partial charge in [0.15, 0.2) is 0 Å². The number of nitrogens with one attached hydrogen (secondary N) is 1. The first kappa shape index (κ1) is 13.1. The van der Waals surface area contributed by atoms with Gasteiger partial charge in [-0.2, -0.15) is 4.98 Å². The number of nitrogens with zero attached hydrogens (tertiary/aromatic N) is 4. The van der Waals surface area contributed by atoms with Gasteiger partial charge in [0, 0.05) is 32.9 Å². The number of likely N-dealkylation sites (tertiary alicyclic amines) is 1. The lowest BCUT2D eigenvalue weighted by Gasteiger charge is -2.35. The number of anilines is 2. The van der Waals surface area contributed by atoms with Crippen molar-refractivity contribution in [1.82, 2.24) is 14.9 Å². The number of hydrogen-bond donors (Lipinski definition) is 1. The van der Waals surface area contributed by atoms with E-state index < -0.39 is 0 Å². The molecule has 2 rings (SSSR count). The van der Waals surface area contributed by atoms with Crippen LogP contribution in [0.15, 0.2) is 12.3 Å². The van der Waals surface area contributed by atoms with Crippen molar-refractivity contribution in [3.63, 3.8) is 0 Å². The molecule has 5 nitrogen and oxygen atoms in total. The largest absolute Gasteiger partial charge is 0.367 e. The maximum atomic E-state index is 4.51. The predicted octanol–water partition coefficient (Wildman–Crippen LogP) is 1.29. The van der Waals surface area contributed by atoms with Crippen LogP contribution in [-0.2, 0) is 0 Å². The molecule has 2 atom stereocenters. The standard InChI is InChI=1S/C13H23N5/c1-10-9-18(4)8-6-11(10)15-12-5-7-14-13(16-12)17(2)3/h5,7,10-11H,6,8-9H2,1-4H3,(H,14,15,16). The van der Waals surface area contributed by atoms with Crippen LogP contribution in [0.25, 0.3) is 0 Å². The molecule has 1 saturated heterocycles. The fourth-order valence-corrected chi connectivity index (χ4v) is 2.40. The van der Waals surface area contributed by atoms with Crippen LogP contribution < -0.4 is 10.2 Å². The topological polar surface area (TPSA) is 44.3 Å². The van der Waals surface area contributed by atoms with Crippen molar-refractivity contribution in [2.75, 3.05) is 44.4 Å². The maximum Gasteiger partial charge on any atom is 0.226 e. The Morgan fingerprint density at radius 2 is 2.22 bits per heavy atom. The van der Waals surface area contributed by atoms with Crippen LogP contribution in [-0.4, -0.2) is 55.1 Å². The van der Waals surface area contributed by atoms with E-state index in [9.17, 15) is 0 Å². The molecule has 0 saturated carbocycles. The summed E-state index contributed by atoms with van der Waals surface area (Å²) in [5.41, 5.74) is 0. The average Bonchev–Trinajstić information content (AvgIpc) is 2.33. The second kappa shape index (κ2) is 5.52. The molecule has 0 bridgehead atoms. The van der Waals surface area contributed by atoms with Gasteiger partial charge in [0.05, 0.1) is 0 Å². The highest BCUT2D eigenvalue weighted by atomic mass is 15.2. The molecule has 1 aromatic rings. The Labute approximate surface area is 109 Å². The molecule has 1 aliphatic rings. The van der Waals surface area contributed by atoms with Gasteiger partial charge in [-0.1, -0.05) is 6.92 Å². The Hall–Kier alpha value is -1.36. The van der Waals surface area contributed by atoms with Crippen molar-refractivity contribution < 1.29 is 0 Å². The second-order valence-electron chi connectivity index (χ2n) is 5.42. The molecule has 18 heavy (non-hydrogen) atoms. The molecule has 1 aromatic heterocycles. The van der Waals surface area contributed by atoms with Gasteiger partial charge in [-0.3, -0.25) is 0 Å². The molecule has 0 radical (unpaired) electrons. The van der Waals surface area contributed by atoms with Gasteiger partial charge >= 0.3 is 0 Å². The van der Waals surface area contributed by atoms with E-state index in [2.05, 4.69) is 34.2 Å². The third-order valence-electron chi connectivity index (χ3n) is 3.48. The van der Waals surface area contributed by atoms with Gasteiger partial charge in [-0.05, 0) is 32.0 Å².